The lowest BCUT2D eigenvalue weighted by molar-refractivity contribution is 0.177. The molecule has 3 nitrogen and oxygen atoms in total. The van der Waals surface area contributed by atoms with Crippen molar-refractivity contribution in [1.29, 1.82) is 0 Å². The van der Waals surface area contributed by atoms with E-state index >= 15 is 0 Å². The van der Waals surface area contributed by atoms with Crippen LogP contribution in [0.1, 0.15) is 36.6 Å². The van der Waals surface area contributed by atoms with Gasteiger partial charge in [-0.25, -0.2) is 0 Å². The monoisotopic (exact) mass is 420 g/mol. The fourth-order valence-corrected chi connectivity index (χ4v) is 4.90. The van der Waals surface area contributed by atoms with Crippen molar-refractivity contribution in [2.45, 2.75) is 42.8 Å². The molecule has 0 amide bonds. The predicted octanol–water partition coefficient (Wildman–Crippen LogP) is 6.66. The van der Waals surface area contributed by atoms with Crippen LogP contribution in [0.3, 0.4) is 0 Å². The third-order valence-corrected chi connectivity index (χ3v) is 5.77. The molecule has 0 spiro atoms. The van der Waals surface area contributed by atoms with E-state index in [4.69, 9.17) is 27.9 Å². The third-order valence-electron chi connectivity index (χ3n) is 4.22. The summed E-state index contributed by atoms with van der Waals surface area (Å²) < 4.78 is 7.77. The maximum Gasteiger partial charge on any atom is 0.0864 e. The first-order valence-electron chi connectivity index (χ1n) is 8.72. The second-order valence-corrected chi connectivity index (χ2v) is 8.57. The van der Waals surface area contributed by atoms with Crippen LogP contribution in [0, 0.1) is 0 Å². The quantitative estimate of drug-likeness (QED) is 0.427. The molecule has 0 unspecified atom stereocenters. The Morgan fingerprint density at radius 3 is 2.33 bits per heavy atom. The number of halogens is 2. The molecule has 27 heavy (non-hydrogen) atoms. The number of ether oxygens (including phenoxy) is 1. The van der Waals surface area contributed by atoms with Gasteiger partial charge in [0.1, 0.15) is 0 Å². The van der Waals surface area contributed by atoms with Gasteiger partial charge in [0.25, 0.3) is 0 Å². The van der Waals surface area contributed by atoms with E-state index < -0.39 is 0 Å². The second-order valence-electron chi connectivity index (χ2n) is 6.63. The van der Waals surface area contributed by atoms with E-state index in [1.54, 1.807) is 24.9 Å². The van der Waals surface area contributed by atoms with Crippen LogP contribution >= 0.6 is 35.0 Å². The Labute approximate surface area is 174 Å². The normalized spacial score (nSPS) is 11.3. The lowest BCUT2D eigenvalue weighted by Gasteiger charge is -2.15. The molecule has 0 atom stereocenters. The Balaban J connectivity index is 2.08. The predicted molar refractivity (Wildman–Crippen MR) is 113 cm³/mol. The molecule has 1 aromatic carbocycles. The minimum atomic E-state index is 0.386. The average molecular weight is 421 g/mol. The summed E-state index contributed by atoms with van der Waals surface area (Å²) in [7, 11) is 1.72. The van der Waals surface area contributed by atoms with E-state index in [0.29, 0.717) is 22.6 Å². The van der Waals surface area contributed by atoms with Gasteiger partial charge in [-0.3, -0.25) is 4.98 Å². The molecule has 0 saturated carbocycles. The summed E-state index contributed by atoms with van der Waals surface area (Å²) in [6.45, 7) is 5.72. The molecule has 0 bridgehead atoms. The highest BCUT2D eigenvalue weighted by atomic mass is 35.5. The van der Waals surface area contributed by atoms with Crippen LogP contribution < -0.4 is 0 Å². The molecule has 3 aromatic rings. The van der Waals surface area contributed by atoms with E-state index in [1.165, 1.54) is 16.2 Å². The summed E-state index contributed by atoms with van der Waals surface area (Å²) in [4.78, 5) is 5.14. The van der Waals surface area contributed by atoms with Gasteiger partial charge in [0.15, 0.2) is 0 Å². The second kappa shape index (κ2) is 9.16. The Morgan fingerprint density at radius 2 is 1.74 bits per heavy atom. The number of methoxy groups -OCH3 is 1. The number of nitrogens with zero attached hydrogens (tertiary/aromatic N) is 2. The Hall–Kier alpha value is -1.46. The van der Waals surface area contributed by atoms with E-state index in [-0.39, 0.29) is 0 Å². The number of hydrogen-bond acceptors (Lipinski definition) is 3. The molecule has 3 rings (SSSR count). The van der Waals surface area contributed by atoms with Crippen molar-refractivity contribution in [3.8, 4) is 0 Å². The van der Waals surface area contributed by atoms with E-state index in [9.17, 15) is 0 Å². The zero-order valence-corrected chi connectivity index (χ0v) is 17.9. The molecule has 0 fully saturated rings. The molecule has 142 valence electrons. The van der Waals surface area contributed by atoms with Crippen molar-refractivity contribution in [3.63, 3.8) is 0 Å². The minimum Gasteiger partial charge on any atom is -0.378 e. The van der Waals surface area contributed by atoms with Gasteiger partial charge in [0.2, 0.25) is 0 Å². The van der Waals surface area contributed by atoms with Crippen LogP contribution in [-0.4, -0.2) is 16.7 Å². The maximum absolute atomic E-state index is 6.21. The highest BCUT2D eigenvalue weighted by molar-refractivity contribution is 7.99. The Morgan fingerprint density at radius 1 is 1.07 bits per heavy atom. The molecule has 0 aliphatic heterocycles. The lowest BCUT2D eigenvalue weighted by Crippen LogP contribution is -2.07. The molecule has 0 aliphatic rings. The van der Waals surface area contributed by atoms with Crippen LogP contribution in [0.2, 0.25) is 10.0 Å². The van der Waals surface area contributed by atoms with Gasteiger partial charge in [0.05, 0.1) is 11.6 Å². The molecule has 2 aromatic heterocycles. The number of hydrogen-bond donors (Lipinski definition) is 0. The van der Waals surface area contributed by atoms with Crippen LogP contribution in [0.25, 0.3) is 0 Å². The van der Waals surface area contributed by atoms with Gasteiger partial charge in [-0.1, -0.05) is 48.8 Å². The molecular formula is C21H22Cl2N2OS. The average Bonchev–Trinajstić information content (AvgIpc) is 2.93. The van der Waals surface area contributed by atoms with Gasteiger partial charge >= 0.3 is 0 Å². The SMILES string of the molecule is COCc1cc(C(C)C)c(Sc2cc(Cl)cc(Cl)c2)n1Cc1ccncc1. The van der Waals surface area contributed by atoms with E-state index in [1.807, 2.05) is 36.7 Å². The number of benzene rings is 1. The first-order chi connectivity index (χ1) is 13.0. The van der Waals surface area contributed by atoms with Gasteiger partial charge < -0.3 is 9.30 Å². The Bertz CT molecular complexity index is 890. The van der Waals surface area contributed by atoms with Crippen LogP contribution in [0.15, 0.2) is 58.7 Å². The molecule has 2 heterocycles. The van der Waals surface area contributed by atoms with Crippen molar-refractivity contribution in [3.05, 3.63) is 75.7 Å². The molecule has 6 heteroatoms. The first kappa shape index (κ1) is 20.3. The van der Waals surface area contributed by atoms with E-state index in [2.05, 4.69) is 29.5 Å². The van der Waals surface area contributed by atoms with Crippen LogP contribution in [0.5, 0.6) is 0 Å². The largest absolute Gasteiger partial charge is 0.378 e. The minimum absolute atomic E-state index is 0.386. The van der Waals surface area contributed by atoms with Crippen molar-refractivity contribution in [2.75, 3.05) is 7.11 Å². The summed E-state index contributed by atoms with van der Waals surface area (Å²) in [5.74, 6) is 0.386. The van der Waals surface area contributed by atoms with Crippen molar-refractivity contribution in [1.82, 2.24) is 9.55 Å². The van der Waals surface area contributed by atoms with Gasteiger partial charge in [-0.2, -0.15) is 0 Å². The summed E-state index contributed by atoms with van der Waals surface area (Å²) in [5.41, 5.74) is 3.63. The smallest absolute Gasteiger partial charge is 0.0864 e. The number of aromatic nitrogens is 2. The first-order valence-corrected chi connectivity index (χ1v) is 10.3. The van der Waals surface area contributed by atoms with Gasteiger partial charge in [0, 0.05) is 46.7 Å². The zero-order chi connectivity index (χ0) is 19.4. The van der Waals surface area contributed by atoms with Crippen molar-refractivity contribution >= 4 is 35.0 Å². The van der Waals surface area contributed by atoms with Crippen molar-refractivity contribution in [2.24, 2.45) is 0 Å². The molecular weight excluding hydrogens is 399 g/mol. The molecule has 0 aliphatic carbocycles. The van der Waals surface area contributed by atoms with Gasteiger partial charge in [-0.05, 0) is 53.4 Å². The zero-order valence-electron chi connectivity index (χ0n) is 15.6. The highest BCUT2D eigenvalue weighted by Crippen LogP contribution is 2.39. The fraction of sp³-hybridized carbons (Fsp3) is 0.286. The molecule has 0 N–H and O–H groups in total. The summed E-state index contributed by atoms with van der Waals surface area (Å²) >= 11 is 14.1. The van der Waals surface area contributed by atoms with E-state index in [0.717, 1.165) is 17.1 Å². The van der Waals surface area contributed by atoms with Crippen molar-refractivity contribution < 1.29 is 4.74 Å². The fourth-order valence-electron chi connectivity index (χ4n) is 2.94. The molecule has 0 radical (unpaired) electrons. The lowest BCUT2D eigenvalue weighted by atomic mass is 10.1. The summed E-state index contributed by atoms with van der Waals surface area (Å²) in [6.07, 6.45) is 3.64. The topological polar surface area (TPSA) is 27.1 Å². The third kappa shape index (κ3) is 5.08. The number of rotatable bonds is 7. The maximum atomic E-state index is 6.21. The van der Waals surface area contributed by atoms with Crippen LogP contribution in [0.4, 0.5) is 0 Å². The summed E-state index contributed by atoms with van der Waals surface area (Å²) in [6, 6.07) is 12.0. The van der Waals surface area contributed by atoms with Crippen LogP contribution in [-0.2, 0) is 17.9 Å². The number of pyridine rings is 1. The molecule has 0 saturated heterocycles. The highest BCUT2D eigenvalue weighted by Gasteiger charge is 2.19. The summed E-state index contributed by atoms with van der Waals surface area (Å²) in [5, 5.41) is 2.47. The van der Waals surface area contributed by atoms with Gasteiger partial charge in [-0.15, -0.1) is 0 Å². The standard InChI is InChI=1S/C21H22Cl2N2OS/c1-14(2)20-11-18(13-26-3)25(12-15-4-6-24-7-5-15)21(20)27-19-9-16(22)8-17(23)10-19/h4-11,14H,12-13H2,1-3H3. The Kier molecular flexibility index (Phi) is 6.88.